The summed E-state index contributed by atoms with van der Waals surface area (Å²) in [6.45, 7) is 3.39. The van der Waals surface area contributed by atoms with Gasteiger partial charge in [0.15, 0.2) is 11.6 Å². The van der Waals surface area contributed by atoms with Crippen LogP contribution >= 0.6 is 0 Å². The topological polar surface area (TPSA) is 59.3 Å². The normalized spacial score (nSPS) is 10.5. The van der Waals surface area contributed by atoms with Crippen molar-refractivity contribution in [2.24, 2.45) is 0 Å². The van der Waals surface area contributed by atoms with E-state index in [1.807, 2.05) is 0 Å². The number of hydrogen-bond donors (Lipinski definition) is 0. The Kier molecular flexibility index (Phi) is 6.23. The van der Waals surface area contributed by atoms with Crippen LogP contribution in [0.25, 0.3) is 0 Å². The maximum Gasteiger partial charge on any atom is 0.310 e. The summed E-state index contributed by atoms with van der Waals surface area (Å²) in [6.07, 6.45) is -3.08. The molecule has 2 aromatic carbocycles. The Balaban J connectivity index is 2.39. The first kappa shape index (κ1) is 19.3. The van der Waals surface area contributed by atoms with Crippen molar-refractivity contribution in [3.8, 4) is 17.6 Å². The van der Waals surface area contributed by atoms with Crippen LogP contribution in [0.1, 0.15) is 35.6 Å². The Hall–Kier alpha value is -3.01. The van der Waals surface area contributed by atoms with Gasteiger partial charge in [-0.15, -0.1) is 0 Å². The van der Waals surface area contributed by atoms with E-state index in [1.165, 1.54) is 12.1 Å². The van der Waals surface area contributed by atoms with Gasteiger partial charge in [-0.3, -0.25) is 4.79 Å². The Morgan fingerprint density at radius 1 is 1.27 bits per heavy atom. The first-order valence-corrected chi connectivity index (χ1v) is 7.80. The number of carbonyl (C=O) groups is 1. The van der Waals surface area contributed by atoms with Gasteiger partial charge in [-0.25, -0.2) is 13.2 Å². The monoisotopic (exact) mass is 363 g/mol. The summed E-state index contributed by atoms with van der Waals surface area (Å²) < 4.78 is 50.9. The number of hydrogen-bond acceptors (Lipinski definition) is 4. The lowest BCUT2D eigenvalue weighted by Gasteiger charge is -2.14. The number of carbonyl (C=O) groups excluding carboxylic acids is 1. The predicted octanol–water partition coefficient (Wildman–Crippen LogP) is 4.84. The minimum absolute atomic E-state index is 0.0291. The van der Waals surface area contributed by atoms with E-state index in [2.05, 4.69) is 0 Å². The lowest BCUT2D eigenvalue weighted by atomic mass is 10.1. The van der Waals surface area contributed by atoms with E-state index in [0.29, 0.717) is 5.56 Å². The van der Waals surface area contributed by atoms with Gasteiger partial charge in [-0.2, -0.15) is 5.26 Å². The Labute approximate surface area is 148 Å². The van der Waals surface area contributed by atoms with Crippen molar-refractivity contribution < 1.29 is 27.4 Å². The lowest BCUT2D eigenvalue weighted by Crippen LogP contribution is -2.09. The molecule has 0 fully saturated rings. The van der Waals surface area contributed by atoms with Gasteiger partial charge >= 0.3 is 5.97 Å². The molecule has 2 aromatic rings. The smallest absolute Gasteiger partial charge is 0.310 e. The second-order valence-electron chi connectivity index (χ2n) is 5.47. The summed E-state index contributed by atoms with van der Waals surface area (Å²) in [7, 11) is 0. The molecule has 0 N–H and O–H groups in total. The van der Waals surface area contributed by atoms with Crippen molar-refractivity contribution >= 4 is 5.97 Å². The standard InChI is InChI=1S/C19H16F3NO3/c1-3-25-16(24)9-13-5-4-11(2)18(17(13)20)26-15-7-12(10-23)6-14(8-15)19(21)22/h4-8,19H,3,9H2,1-2H3. The summed E-state index contributed by atoms with van der Waals surface area (Å²) in [5.41, 5.74) is 0.0453. The molecular formula is C19H16F3NO3. The predicted molar refractivity (Wildman–Crippen MR) is 87.7 cm³/mol. The van der Waals surface area contributed by atoms with Gasteiger partial charge in [0.05, 0.1) is 24.7 Å². The molecule has 0 spiro atoms. The molecule has 7 heteroatoms. The highest BCUT2D eigenvalue weighted by Crippen LogP contribution is 2.33. The molecular weight excluding hydrogens is 347 g/mol. The molecule has 2 rings (SSSR count). The van der Waals surface area contributed by atoms with E-state index >= 15 is 0 Å². The summed E-state index contributed by atoms with van der Waals surface area (Å²) >= 11 is 0. The Bertz CT molecular complexity index is 860. The minimum Gasteiger partial charge on any atom is -0.466 e. The number of ether oxygens (including phenoxy) is 2. The third-order valence-electron chi connectivity index (χ3n) is 3.54. The molecule has 26 heavy (non-hydrogen) atoms. The molecule has 0 saturated carbocycles. The number of benzene rings is 2. The molecule has 0 aromatic heterocycles. The van der Waals surface area contributed by atoms with Gasteiger partial charge in [0.2, 0.25) is 0 Å². The van der Waals surface area contributed by atoms with Crippen molar-refractivity contribution in [2.75, 3.05) is 6.61 Å². The molecule has 4 nitrogen and oxygen atoms in total. The highest BCUT2D eigenvalue weighted by molar-refractivity contribution is 5.73. The molecule has 0 radical (unpaired) electrons. The largest absolute Gasteiger partial charge is 0.466 e. The number of alkyl halides is 2. The van der Waals surface area contributed by atoms with Gasteiger partial charge in [-0.05, 0) is 37.6 Å². The van der Waals surface area contributed by atoms with Gasteiger partial charge in [0.25, 0.3) is 6.43 Å². The molecule has 0 atom stereocenters. The number of rotatable bonds is 6. The third kappa shape index (κ3) is 4.54. The van der Waals surface area contributed by atoms with Crippen LogP contribution in [0, 0.1) is 24.1 Å². The lowest BCUT2D eigenvalue weighted by molar-refractivity contribution is -0.142. The Morgan fingerprint density at radius 2 is 2.00 bits per heavy atom. The van der Waals surface area contributed by atoms with Crippen molar-refractivity contribution in [1.29, 1.82) is 5.26 Å². The fourth-order valence-corrected chi connectivity index (χ4v) is 2.31. The zero-order chi connectivity index (χ0) is 19.3. The number of nitriles is 1. The van der Waals surface area contributed by atoms with Crippen molar-refractivity contribution in [1.82, 2.24) is 0 Å². The molecule has 0 bridgehead atoms. The first-order chi connectivity index (χ1) is 12.3. The highest BCUT2D eigenvalue weighted by atomic mass is 19.3. The van der Waals surface area contributed by atoms with Crippen molar-refractivity contribution in [2.45, 2.75) is 26.7 Å². The molecule has 0 heterocycles. The summed E-state index contributed by atoms with van der Waals surface area (Å²) in [4.78, 5) is 11.6. The number of aryl methyl sites for hydroxylation is 1. The van der Waals surface area contributed by atoms with E-state index in [4.69, 9.17) is 14.7 Å². The van der Waals surface area contributed by atoms with Gasteiger partial charge in [0, 0.05) is 11.1 Å². The van der Waals surface area contributed by atoms with Crippen LogP contribution < -0.4 is 4.74 Å². The summed E-state index contributed by atoms with van der Waals surface area (Å²) in [5, 5.41) is 8.96. The molecule has 0 aliphatic heterocycles. The van der Waals surface area contributed by atoms with E-state index in [0.717, 1.165) is 12.1 Å². The van der Waals surface area contributed by atoms with Crippen LogP contribution in [-0.2, 0) is 16.0 Å². The molecule has 0 unspecified atom stereocenters. The first-order valence-electron chi connectivity index (χ1n) is 7.80. The zero-order valence-electron chi connectivity index (χ0n) is 14.2. The van der Waals surface area contributed by atoms with Crippen LogP contribution in [0.5, 0.6) is 11.5 Å². The number of halogens is 3. The van der Waals surface area contributed by atoms with E-state index in [-0.39, 0.29) is 35.7 Å². The maximum atomic E-state index is 14.7. The molecule has 0 aliphatic rings. The number of esters is 1. The van der Waals surface area contributed by atoms with E-state index < -0.39 is 23.8 Å². The highest BCUT2D eigenvalue weighted by Gasteiger charge is 2.18. The van der Waals surface area contributed by atoms with Crippen LogP contribution in [0.4, 0.5) is 13.2 Å². The number of nitrogens with zero attached hydrogens (tertiary/aromatic N) is 1. The Morgan fingerprint density at radius 3 is 2.62 bits per heavy atom. The molecule has 0 aliphatic carbocycles. The van der Waals surface area contributed by atoms with Gasteiger partial charge in [-0.1, -0.05) is 12.1 Å². The third-order valence-corrected chi connectivity index (χ3v) is 3.54. The molecule has 0 saturated heterocycles. The van der Waals surface area contributed by atoms with E-state index in [9.17, 15) is 18.0 Å². The summed E-state index contributed by atoms with van der Waals surface area (Å²) in [5.74, 6) is -1.65. The van der Waals surface area contributed by atoms with Gasteiger partial charge < -0.3 is 9.47 Å². The van der Waals surface area contributed by atoms with Crippen molar-refractivity contribution in [3.63, 3.8) is 0 Å². The second-order valence-corrected chi connectivity index (χ2v) is 5.47. The average molecular weight is 363 g/mol. The van der Waals surface area contributed by atoms with Crippen LogP contribution in [0.15, 0.2) is 30.3 Å². The minimum atomic E-state index is -2.80. The van der Waals surface area contributed by atoms with Gasteiger partial charge in [0.1, 0.15) is 5.75 Å². The SMILES string of the molecule is CCOC(=O)Cc1ccc(C)c(Oc2cc(C#N)cc(C(F)F)c2)c1F. The van der Waals surface area contributed by atoms with Crippen molar-refractivity contribution in [3.05, 3.63) is 58.4 Å². The van der Waals surface area contributed by atoms with E-state index in [1.54, 1.807) is 26.0 Å². The average Bonchev–Trinajstić information content (AvgIpc) is 2.61. The molecule has 0 amide bonds. The summed E-state index contributed by atoms with van der Waals surface area (Å²) in [6, 6.07) is 8.07. The molecule has 136 valence electrons. The van der Waals surface area contributed by atoms with Crippen LogP contribution in [0.3, 0.4) is 0 Å². The quantitative estimate of drug-likeness (QED) is 0.689. The second kappa shape index (κ2) is 8.39. The van der Waals surface area contributed by atoms with Crippen LogP contribution in [0.2, 0.25) is 0 Å². The fourth-order valence-electron chi connectivity index (χ4n) is 2.31. The maximum absolute atomic E-state index is 14.7. The van der Waals surface area contributed by atoms with Crippen LogP contribution in [-0.4, -0.2) is 12.6 Å². The zero-order valence-corrected chi connectivity index (χ0v) is 14.2. The fraction of sp³-hybridized carbons (Fsp3) is 0.263.